The molecule has 21 heavy (non-hydrogen) atoms. The van der Waals surface area contributed by atoms with Crippen molar-refractivity contribution in [2.45, 2.75) is 45.9 Å². The van der Waals surface area contributed by atoms with Gasteiger partial charge in [-0.25, -0.2) is 4.39 Å². The average Bonchev–Trinajstić information content (AvgIpc) is 2.83. The van der Waals surface area contributed by atoms with E-state index >= 15 is 0 Å². The number of benzene rings is 1. The maximum absolute atomic E-state index is 13.6. The fraction of sp³-hybridized carbons (Fsp3) is 0.438. The summed E-state index contributed by atoms with van der Waals surface area (Å²) >= 11 is 0. The Hall–Kier alpha value is -1.88. The lowest BCUT2D eigenvalue weighted by Crippen LogP contribution is -2.17. The van der Waals surface area contributed by atoms with Crippen LogP contribution in [0.4, 0.5) is 4.39 Å². The van der Waals surface area contributed by atoms with Crippen LogP contribution in [0.1, 0.15) is 38.1 Å². The van der Waals surface area contributed by atoms with Gasteiger partial charge in [0.15, 0.2) is 0 Å². The zero-order chi connectivity index (χ0) is 15.4. The van der Waals surface area contributed by atoms with Crippen molar-refractivity contribution < 1.29 is 9.13 Å². The monoisotopic (exact) mass is 291 g/mol. The summed E-state index contributed by atoms with van der Waals surface area (Å²) in [6.07, 6.45) is 2.53. The Balaban J connectivity index is 2.03. The highest BCUT2D eigenvalue weighted by Gasteiger charge is 2.06. The Morgan fingerprint density at radius 2 is 2.05 bits per heavy atom. The van der Waals surface area contributed by atoms with Gasteiger partial charge in [-0.1, -0.05) is 0 Å². The van der Waals surface area contributed by atoms with E-state index in [1.54, 1.807) is 0 Å². The SMILES string of the molecule is CC(N)Cc1cc(F)cc(OCc2ccn(C(C)C)n2)c1. The van der Waals surface area contributed by atoms with E-state index in [2.05, 4.69) is 18.9 Å². The first-order valence-electron chi connectivity index (χ1n) is 7.16. The summed E-state index contributed by atoms with van der Waals surface area (Å²) in [6, 6.07) is 6.90. The molecule has 0 saturated heterocycles. The van der Waals surface area contributed by atoms with Gasteiger partial charge < -0.3 is 10.5 Å². The second kappa shape index (κ2) is 6.72. The van der Waals surface area contributed by atoms with Crippen LogP contribution in [0.5, 0.6) is 5.75 Å². The van der Waals surface area contributed by atoms with Gasteiger partial charge in [-0.2, -0.15) is 5.10 Å². The van der Waals surface area contributed by atoms with Crippen LogP contribution in [-0.2, 0) is 13.0 Å². The largest absolute Gasteiger partial charge is 0.487 e. The van der Waals surface area contributed by atoms with E-state index in [1.807, 2.05) is 29.9 Å². The van der Waals surface area contributed by atoms with Crippen LogP contribution in [0, 0.1) is 5.82 Å². The van der Waals surface area contributed by atoms with Crippen molar-refractivity contribution in [3.63, 3.8) is 0 Å². The molecule has 1 aromatic carbocycles. The molecule has 0 radical (unpaired) electrons. The maximum atomic E-state index is 13.6. The molecule has 0 saturated carbocycles. The molecular formula is C16H22FN3O. The van der Waals surface area contributed by atoms with E-state index in [1.165, 1.54) is 12.1 Å². The molecule has 0 bridgehead atoms. The first-order valence-corrected chi connectivity index (χ1v) is 7.16. The second-order valence-corrected chi connectivity index (χ2v) is 5.65. The molecule has 0 fully saturated rings. The van der Waals surface area contributed by atoms with Gasteiger partial charge in [-0.3, -0.25) is 4.68 Å². The molecule has 2 aromatic rings. The smallest absolute Gasteiger partial charge is 0.132 e. The van der Waals surface area contributed by atoms with E-state index in [9.17, 15) is 4.39 Å². The topological polar surface area (TPSA) is 53.1 Å². The molecular weight excluding hydrogens is 269 g/mol. The van der Waals surface area contributed by atoms with Crippen LogP contribution in [0.15, 0.2) is 30.5 Å². The minimum atomic E-state index is -0.309. The summed E-state index contributed by atoms with van der Waals surface area (Å²) in [6.45, 7) is 6.33. The first kappa shape index (κ1) is 15.5. The molecule has 1 atom stereocenters. The van der Waals surface area contributed by atoms with Crippen molar-refractivity contribution in [3.05, 3.63) is 47.5 Å². The Kier molecular flexibility index (Phi) is 4.96. The van der Waals surface area contributed by atoms with Gasteiger partial charge in [0.1, 0.15) is 18.2 Å². The summed E-state index contributed by atoms with van der Waals surface area (Å²) in [4.78, 5) is 0. The molecule has 2 rings (SSSR count). The Morgan fingerprint density at radius 1 is 1.29 bits per heavy atom. The summed E-state index contributed by atoms with van der Waals surface area (Å²) in [5, 5.41) is 4.40. The second-order valence-electron chi connectivity index (χ2n) is 5.65. The molecule has 114 valence electrons. The van der Waals surface area contributed by atoms with Crippen molar-refractivity contribution in [3.8, 4) is 5.75 Å². The molecule has 1 unspecified atom stereocenters. The van der Waals surface area contributed by atoms with E-state index in [-0.39, 0.29) is 11.9 Å². The third-order valence-electron chi connectivity index (χ3n) is 3.07. The standard InChI is InChI=1S/C16H22FN3O/c1-11(2)20-5-4-15(19-20)10-21-16-8-13(6-12(3)18)7-14(17)9-16/h4-5,7-9,11-12H,6,10,18H2,1-3H3. The summed E-state index contributed by atoms with van der Waals surface area (Å²) in [7, 11) is 0. The maximum Gasteiger partial charge on any atom is 0.132 e. The van der Waals surface area contributed by atoms with Gasteiger partial charge in [0.25, 0.3) is 0 Å². The van der Waals surface area contributed by atoms with Crippen LogP contribution in [0.3, 0.4) is 0 Å². The van der Waals surface area contributed by atoms with Crippen LogP contribution in [0.2, 0.25) is 0 Å². The highest BCUT2D eigenvalue weighted by Crippen LogP contribution is 2.19. The number of halogens is 1. The lowest BCUT2D eigenvalue weighted by atomic mass is 10.1. The third-order valence-corrected chi connectivity index (χ3v) is 3.07. The van der Waals surface area contributed by atoms with Gasteiger partial charge in [0.05, 0.1) is 5.69 Å². The van der Waals surface area contributed by atoms with Gasteiger partial charge in [-0.15, -0.1) is 0 Å². The van der Waals surface area contributed by atoms with Crippen molar-refractivity contribution in [1.82, 2.24) is 9.78 Å². The minimum Gasteiger partial charge on any atom is -0.487 e. The van der Waals surface area contributed by atoms with E-state index in [0.717, 1.165) is 11.3 Å². The molecule has 0 aliphatic rings. The Bertz CT molecular complexity index is 593. The van der Waals surface area contributed by atoms with Crippen molar-refractivity contribution in [1.29, 1.82) is 0 Å². The lowest BCUT2D eigenvalue weighted by molar-refractivity contribution is 0.297. The van der Waals surface area contributed by atoms with Crippen molar-refractivity contribution >= 4 is 0 Å². The average molecular weight is 291 g/mol. The van der Waals surface area contributed by atoms with Crippen LogP contribution in [0.25, 0.3) is 0 Å². The third kappa shape index (κ3) is 4.56. The molecule has 5 heteroatoms. The summed E-state index contributed by atoms with van der Waals surface area (Å²) in [5.41, 5.74) is 7.41. The van der Waals surface area contributed by atoms with Gasteiger partial charge in [-0.05, 0) is 51.0 Å². The normalized spacial score (nSPS) is 12.7. The van der Waals surface area contributed by atoms with Crippen molar-refractivity contribution in [2.24, 2.45) is 5.73 Å². The molecule has 2 N–H and O–H groups in total. The fourth-order valence-corrected chi connectivity index (χ4v) is 2.09. The summed E-state index contributed by atoms with van der Waals surface area (Å²) in [5.74, 6) is 0.195. The predicted octanol–water partition coefficient (Wildman–Crippen LogP) is 3.07. The number of ether oxygens (including phenoxy) is 1. The quantitative estimate of drug-likeness (QED) is 0.890. The number of hydrogen-bond acceptors (Lipinski definition) is 3. The number of rotatable bonds is 6. The van der Waals surface area contributed by atoms with Gasteiger partial charge in [0, 0.05) is 24.3 Å². The van der Waals surface area contributed by atoms with E-state index in [4.69, 9.17) is 10.5 Å². The Morgan fingerprint density at radius 3 is 2.67 bits per heavy atom. The van der Waals surface area contributed by atoms with Gasteiger partial charge >= 0.3 is 0 Å². The highest BCUT2D eigenvalue weighted by molar-refractivity contribution is 5.30. The molecule has 1 heterocycles. The molecule has 0 spiro atoms. The first-order chi connectivity index (χ1) is 9.94. The zero-order valence-corrected chi connectivity index (χ0v) is 12.7. The Labute approximate surface area is 124 Å². The summed E-state index contributed by atoms with van der Waals surface area (Å²) < 4.78 is 21.1. The lowest BCUT2D eigenvalue weighted by Gasteiger charge is -2.09. The number of nitrogens with zero attached hydrogens (tertiary/aromatic N) is 2. The van der Waals surface area contributed by atoms with E-state index in [0.29, 0.717) is 24.8 Å². The van der Waals surface area contributed by atoms with Gasteiger partial charge in [0.2, 0.25) is 0 Å². The minimum absolute atomic E-state index is 0.0126. The van der Waals surface area contributed by atoms with Crippen LogP contribution in [-0.4, -0.2) is 15.8 Å². The predicted molar refractivity (Wildman–Crippen MR) is 80.7 cm³/mol. The zero-order valence-electron chi connectivity index (χ0n) is 12.7. The number of hydrogen-bond donors (Lipinski definition) is 1. The van der Waals surface area contributed by atoms with Crippen molar-refractivity contribution in [2.75, 3.05) is 0 Å². The number of aromatic nitrogens is 2. The molecule has 0 aliphatic carbocycles. The van der Waals surface area contributed by atoms with Crippen LogP contribution >= 0.6 is 0 Å². The molecule has 4 nitrogen and oxygen atoms in total. The van der Waals surface area contributed by atoms with Crippen LogP contribution < -0.4 is 10.5 Å². The highest BCUT2D eigenvalue weighted by atomic mass is 19.1. The number of nitrogens with two attached hydrogens (primary N) is 1. The molecule has 0 aliphatic heterocycles. The fourth-order valence-electron chi connectivity index (χ4n) is 2.09. The molecule has 1 aromatic heterocycles. The molecule has 0 amide bonds. The van der Waals surface area contributed by atoms with E-state index < -0.39 is 0 Å².